The molecule has 3 aromatic carbocycles. The Balaban J connectivity index is 1.67. The molecule has 7 nitrogen and oxygen atoms in total. The van der Waals surface area contributed by atoms with E-state index in [9.17, 15) is 13.8 Å². The summed E-state index contributed by atoms with van der Waals surface area (Å²) in [4.78, 5) is 31.2. The van der Waals surface area contributed by atoms with Gasteiger partial charge in [-0.25, -0.2) is 4.79 Å². The van der Waals surface area contributed by atoms with E-state index in [1.54, 1.807) is 19.2 Å². The number of anilines is 2. The maximum atomic E-state index is 14.1. The highest BCUT2D eigenvalue weighted by Crippen LogP contribution is 2.46. The van der Waals surface area contributed by atoms with Gasteiger partial charge in [-0.2, -0.15) is 0 Å². The molecular formula is C34H42N2O5S2. The first-order valence-electron chi connectivity index (χ1n) is 14.7. The van der Waals surface area contributed by atoms with Gasteiger partial charge in [-0.05, 0) is 54.3 Å². The third-order valence-electron chi connectivity index (χ3n) is 8.26. The summed E-state index contributed by atoms with van der Waals surface area (Å²) in [5, 5.41) is 0. The number of methoxy groups -OCH3 is 1. The van der Waals surface area contributed by atoms with Crippen LogP contribution in [0.4, 0.5) is 11.4 Å². The largest absolute Gasteiger partial charge is 0.483 e. The second-order valence-electron chi connectivity index (χ2n) is 11.0. The first kappa shape index (κ1) is 32.6. The van der Waals surface area contributed by atoms with Crippen LogP contribution in [0.25, 0.3) is 0 Å². The standard InChI is InChI=1S/C34H42N2O5S2/c1-6-8-19-34(7-2)23-36(26-17-13-10-14-18-26)27-20-29(42-5)28(21-30(27)43(39)24-34)41-22-31(37)35(3)32(33(38)40-4)25-15-11-9-12-16-25/h9-18,20-21,32H,6-8,19,22-24H2,1-5H3. The van der Waals surface area contributed by atoms with Crippen LogP contribution in [0, 0.1) is 5.41 Å². The molecule has 0 N–H and O–H groups in total. The lowest BCUT2D eigenvalue weighted by atomic mass is 9.81. The Morgan fingerprint density at radius 1 is 1.07 bits per heavy atom. The number of para-hydroxylation sites is 1. The Labute approximate surface area is 262 Å². The minimum atomic E-state index is -1.27. The quantitative estimate of drug-likeness (QED) is 0.159. The highest BCUT2D eigenvalue weighted by atomic mass is 32.2. The lowest BCUT2D eigenvalue weighted by Crippen LogP contribution is -2.39. The number of hydrogen-bond donors (Lipinski definition) is 0. The Bertz CT molecular complexity index is 1420. The van der Waals surface area contributed by atoms with Gasteiger partial charge >= 0.3 is 5.97 Å². The molecule has 0 radical (unpaired) electrons. The molecule has 3 unspecified atom stereocenters. The molecule has 0 saturated carbocycles. The predicted octanol–water partition coefficient (Wildman–Crippen LogP) is 7.01. The van der Waals surface area contributed by atoms with Gasteiger partial charge in [-0.1, -0.05) is 75.2 Å². The molecule has 0 aromatic heterocycles. The van der Waals surface area contributed by atoms with E-state index < -0.39 is 22.8 Å². The van der Waals surface area contributed by atoms with Crippen LogP contribution in [-0.2, 0) is 25.1 Å². The zero-order valence-electron chi connectivity index (χ0n) is 25.7. The average Bonchev–Trinajstić information content (AvgIpc) is 3.16. The molecular weight excluding hydrogens is 581 g/mol. The third-order valence-corrected chi connectivity index (χ3v) is 10.7. The molecule has 1 amide bonds. The van der Waals surface area contributed by atoms with Crippen molar-refractivity contribution in [2.45, 2.75) is 55.4 Å². The molecule has 0 spiro atoms. The van der Waals surface area contributed by atoms with E-state index >= 15 is 0 Å². The smallest absolute Gasteiger partial charge is 0.333 e. The van der Waals surface area contributed by atoms with Gasteiger partial charge in [0.1, 0.15) is 5.75 Å². The Kier molecular flexibility index (Phi) is 11.3. The van der Waals surface area contributed by atoms with Gasteiger partial charge < -0.3 is 19.3 Å². The van der Waals surface area contributed by atoms with Crippen molar-refractivity contribution in [1.82, 2.24) is 4.90 Å². The normalized spacial score (nSPS) is 18.7. The number of carbonyl (C=O) groups excluding carboxylic acids is 2. The van der Waals surface area contributed by atoms with E-state index in [0.29, 0.717) is 22.0 Å². The van der Waals surface area contributed by atoms with Crippen LogP contribution >= 0.6 is 11.8 Å². The number of likely N-dealkylation sites (N-methyl/N-ethyl adjacent to an activating group) is 1. The number of hydrogen-bond acceptors (Lipinski definition) is 7. The summed E-state index contributed by atoms with van der Waals surface area (Å²) in [6.07, 6.45) is 6.07. The summed E-state index contributed by atoms with van der Waals surface area (Å²) in [7, 11) is 1.61. The van der Waals surface area contributed by atoms with Gasteiger partial charge in [-0.3, -0.25) is 9.00 Å². The van der Waals surface area contributed by atoms with Gasteiger partial charge in [-0.15, -0.1) is 11.8 Å². The van der Waals surface area contributed by atoms with Gasteiger partial charge in [0.25, 0.3) is 5.91 Å². The second-order valence-corrected chi connectivity index (χ2v) is 13.2. The molecule has 230 valence electrons. The van der Waals surface area contributed by atoms with E-state index in [1.807, 2.05) is 54.8 Å². The van der Waals surface area contributed by atoms with Crippen LogP contribution in [0.3, 0.4) is 0 Å². The fraction of sp³-hybridized carbons (Fsp3) is 0.412. The molecule has 3 atom stereocenters. The molecule has 3 aromatic rings. The van der Waals surface area contributed by atoms with Crippen LogP contribution in [0.15, 0.2) is 82.6 Å². The zero-order chi connectivity index (χ0) is 31.0. The summed E-state index contributed by atoms with van der Waals surface area (Å²) in [6, 6.07) is 22.3. The molecule has 43 heavy (non-hydrogen) atoms. The predicted molar refractivity (Wildman–Crippen MR) is 175 cm³/mol. The van der Waals surface area contributed by atoms with E-state index in [-0.39, 0.29) is 17.9 Å². The van der Waals surface area contributed by atoms with Crippen molar-refractivity contribution in [3.8, 4) is 5.75 Å². The topological polar surface area (TPSA) is 76.2 Å². The highest BCUT2D eigenvalue weighted by molar-refractivity contribution is 7.98. The van der Waals surface area contributed by atoms with E-state index in [2.05, 4.69) is 30.9 Å². The monoisotopic (exact) mass is 622 g/mol. The number of benzene rings is 3. The van der Waals surface area contributed by atoms with Gasteiger partial charge in [0.15, 0.2) is 12.6 Å². The minimum Gasteiger partial charge on any atom is -0.483 e. The van der Waals surface area contributed by atoms with Crippen LogP contribution < -0.4 is 9.64 Å². The van der Waals surface area contributed by atoms with Gasteiger partial charge in [0.05, 0.1) is 33.4 Å². The van der Waals surface area contributed by atoms with E-state index in [0.717, 1.165) is 48.5 Å². The van der Waals surface area contributed by atoms with E-state index in [1.165, 1.54) is 23.8 Å². The number of thioether (sulfide) groups is 1. The Morgan fingerprint density at radius 2 is 1.74 bits per heavy atom. The first-order chi connectivity index (χ1) is 20.8. The molecule has 4 rings (SSSR count). The van der Waals surface area contributed by atoms with Crippen molar-refractivity contribution in [1.29, 1.82) is 0 Å². The Hall–Kier alpha value is -3.30. The molecule has 1 aliphatic rings. The van der Waals surface area contributed by atoms with E-state index in [4.69, 9.17) is 9.47 Å². The van der Waals surface area contributed by atoms with Crippen LogP contribution in [0.5, 0.6) is 5.75 Å². The fourth-order valence-corrected chi connectivity index (χ4v) is 7.94. The molecule has 0 saturated heterocycles. The summed E-state index contributed by atoms with van der Waals surface area (Å²) in [6.45, 7) is 4.89. The number of esters is 1. The lowest BCUT2D eigenvalue weighted by molar-refractivity contribution is -0.152. The van der Waals surface area contributed by atoms with Crippen LogP contribution in [0.2, 0.25) is 0 Å². The highest BCUT2D eigenvalue weighted by Gasteiger charge is 2.38. The number of unbranched alkanes of at least 4 members (excludes halogenated alkanes) is 1. The summed E-state index contributed by atoms with van der Waals surface area (Å²) in [5.41, 5.74) is 2.52. The van der Waals surface area contributed by atoms with Crippen molar-refractivity contribution in [3.05, 3.63) is 78.4 Å². The fourth-order valence-electron chi connectivity index (χ4n) is 5.60. The molecule has 0 bridgehead atoms. The number of ether oxygens (including phenoxy) is 2. The average molecular weight is 623 g/mol. The first-order valence-corrected chi connectivity index (χ1v) is 17.3. The van der Waals surface area contributed by atoms with Crippen LogP contribution in [0.1, 0.15) is 51.1 Å². The third kappa shape index (κ3) is 7.44. The summed E-state index contributed by atoms with van der Waals surface area (Å²) in [5.74, 6) is 0.159. The van der Waals surface area contributed by atoms with Gasteiger partial charge in [0, 0.05) is 25.0 Å². The van der Waals surface area contributed by atoms with Crippen molar-refractivity contribution in [2.75, 3.05) is 44.2 Å². The number of carbonyl (C=O) groups is 2. The Morgan fingerprint density at radius 3 is 2.35 bits per heavy atom. The molecule has 9 heteroatoms. The van der Waals surface area contributed by atoms with Crippen molar-refractivity contribution in [2.24, 2.45) is 5.41 Å². The SMILES string of the molecule is CCCCC1(CC)CN(c2ccccc2)c2cc(SC)c(OCC(=O)N(C)C(C(=O)OC)c3ccccc3)cc2S(=O)C1. The number of nitrogens with zero attached hydrogens (tertiary/aromatic N) is 2. The molecule has 0 aliphatic carbocycles. The molecule has 1 heterocycles. The molecule has 0 fully saturated rings. The maximum Gasteiger partial charge on any atom is 0.333 e. The number of rotatable bonds is 12. The minimum absolute atomic E-state index is 0.102. The van der Waals surface area contributed by atoms with Crippen molar-refractivity contribution < 1.29 is 23.3 Å². The second kappa shape index (κ2) is 14.9. The van der Waals surface area contributed by atoms with Gasteiger partial charge in [0.2, 0.25) is 0 Å². The van der Waals surface area contributed by atoms with Crippen LogP contribution in [-0.4, -0.2) is 60.3 Å². The lowest BCUT2D eigenvalue weighted by Gasteiger charge is -2.36. The van der Waals surface area contributed by atoms with Crippen molar-refractivity contribution >= 4 is 45.8 Å². The van der Waals surface area contributed by atoms with Crippen molar-refractivity contribution in [3.63, 3.8) is 0 Å². The number of fused-ring (bicyclic) bond motifs is 1. The maximum absolute atomic E-state index is 14.1. The zero-order valence-corrected chi connectivity index (χ0v) is 27.3. The summed E-state index contributed by atoms with van der Waals surface area (Å²) < 4.78 is 25.2. The molecule has 1 aliphatic heterocycles. The number of amides is 1. The summed E-state index contributed by atoms with van der Waals surface area (Å²) >= 11 is 1.52.